The molecular formula is C11H19N3O3. The van der Waals surface area contributed by atoms with E-state index in [1.54, 1.807) is 0 Å². The van der Waals surface area contributed by atoms with Crippen LogP contribution in [0.1, 0.15) is 36.0 Å². The van der Waals surface area contributed by atoms with Gasteiger partial charge in [0.15, 0.2) is 11.5 Å². The van der Waals surface area contributed by atoms with Gasteiger partial charge >= 0.3 is 0 Å². The summed E-state index contributed by atoms with van der Waals surface area (Å²) in [6, 6.07) is 1.43. The SMILES string of the molecule is CCCCNCCNC(=O)c1cc(CO)on1. The molecule has 0 aromatic carbocycles. The van der Waals surface area contributed by atoms with Crippen molar-refractivity contribution in [1.29, 1.82) is 0 Å². The third kappa shape index (κ3) is 4.97. The van der Waals surface area contributed by atoms with Crippen molar-refractivity contribution in [2.75, 3.05) is 19.6 Å². The standard InChI is InChI=1S/C11H19N3O3/c1-2-3-4-12-5-6-13-11(16)10-7-9(8-15)17-14-10/h7,12,15H,2-6,8H2,1H3,(H,13,16). The predicted octanol–water partition coefficient (Wildman–Crippen LogP) is 0.286. The minimum Gasteiger partial charge on any atom is -0.388 e. The first-order valence-electron chi connectivity index (χ1n) is 5.83. The van der Waals surface area contributed by atoms with Gasteiger partial charge < -0.3 is 20.3 Å². The lowest BCUT2D eigenvalue weighted by atomic mass is 10.3. The number of hydrogen-bond acceptors (Lipinski definition) is 5. The van der Waals surface area contributed by atoms with Crippen LogP contribution >= 0.6 is 0 Å². The minimum atomic E-state index is -0.286. The fraction of sp³-hybridized carbons (Fsp3) is 0.636. The van der Waals surface area contributed by atoms with E-state index >= 15 is 0 Å². The Balaban J connectivity index is 2.16. The number of aromatic nitrogens is 1. The Labute approximate surface area is 100 Å². The number of aliphatic hydroxyl groups is 1. The molecule has 0 aliphatic heterocycles. The Morgan fingerprint density at radius 3 is 2.94 bits per heavy atom. The Morgan fingerprint density at radius 1 is 1.47 bits per heavy atom. The van der Waals surface area contributed by atoms with Crippen LogP contribution in [-0.4, -0.2) is 35.8 Å². The molecule has 0 fully saturated rings. The Morgan fingerprint density at radius 2 is 2.29 bits per heavy atom. The van der Waals surface area contributed by atoms with Gasteiger partial charge in [-0.2, -0.15) is 0 Å². The van der Waals surface area contributed by atoms with Crippen LogP contribution in [-0.2, 0) is 6.61 Å². The van der Waals surface area contributed by atoms with E-state index in [0.717, 1.165) is 25.9 Å². The van der Waals surface area contributed by atoms with Crippen LogP contribution in [0.5, 0.6) is 0 Å². The second kappa shape index (κ2) is 7.81. The molecule has 6 nitrogen and oxygen atoms in total. The number of unbranched alkanes of at least 4 members (excludes halogenated alkanes) is 1. The smallest absolute Gasteiger partial charge is 0.273 e. The average Bonchev–Trinajstić information content (AvgIpc) is 2.82. The van der Waals surface area contributed by atoms with Crippen molar-refractivity contribution in [3.8, 4) is 0 Å². The molecule has 0 saturated carbocycles. The maximum absolute atomic E-state index is 11.5. The summed E-state index contributed by atoms with van der Waals surface area (Å²) in [5, 5.41) is 18.2. The number of hydrogen-bond donors (Lipinski definition) is 3. The highest BCUT2D eigenvalue weighted by molar-refractivity contribution is 5.92. The molecule has 1 amide bonds. The van der Waals surface area contributed by atoms with Crippen LogP contribution in [0.3, 0.4) is 0 Å². The van der Waals surface area contributed by atoms with Gasteiger partial charge in [0, 0.05) is 19.2 Å². The Kier molecular flexibility index (Phi) is 6.27. The zero-order valence-electron chi connectivity index (χ0n) is 10.0. The van der Waals surface area contributed by atoms with Gasteiger partial charge in [0.2, 0.25) is 0 Å². The highest BCUT2D eigenvalue weighted by Crippen LogP contribution is 2.02. The third-order valence-corrected chi connectivity index (χ3v) is 2.24. The van der Waals surface area contributed by atoms with Gasteiger partial charge in [-0.3, -0.25) is 4.79 Å². The fourth-order valence-corrected chi connectivity index (χ4v) is 1.28. The van der Waals surface area contributed by atoms with E-state index < -0.39 is 0 Å². The maximum Gasteiger partial charge on any atom is 0.273 e. The Hall–Kier alpha value is -1.40. The molecule has 1 aromatic heterocycles. The molecule has 0 atom stereocenters. The first-order valence-corrected chi connectivity index (χ1v) is 5.83. The summed E-state index contributed by atoms with van der Waals surface area (Å²) in [4.78, 5) is 11.5. The summed E-state index contributed by atoms with van der Waals surface area (Å²) in [6.07, 6.45) is 2.29. The zero-order valence-corrected chi connectivity index (χ0v) is 10.0. The molecule has 0 bridgehead atoms. The Bertz CT molecular complexity index is 338. The number of nitrogens with zero attached hydrogens (tertiary/aromatic N) is 1. The predicted molar refractivity (Wildman–Crippen MR) is 62.5 cm³/mol. The molecule has 1 aromatic rings. The van der Waals surface area contributed by atoms with Gasteiger partial charge in [0.1, 0.15) is 6.61 Å². The molecular weight excluding hydrogens is 222 g/mol. The topological polar surface area (TPSA) is 87.4 Å². The molecule has 3 N–H and O–H groups in total. The maximum atomic E-state index is 11.5. The van der Waals surface area contributed by atoms with E-state index in [1.165, 1.54) is 6.07 Å². The molecule has 6 heteroatoms. The summed E-state index contributed by atoms with van der Waals surface area (Å²) >= 11 is 0. The van der Waals surface area contributed by atoms with E-state index in [-0.39, 0.29) is 24.0 Å². The average molecular weight is 241 g/mol. The second-order valence-corrected chi connectivity index (χ2v) is 3.70. The molecule has 1 heterocycles. The zero-order chi connectivity index (χ0) is 12.5. The highest BCUT2D eigenvalue weighted by atomic mass is 16.5. The molecule has 0 radical (unpaired) electrons. The lowest BCUT2D eigenvalue weighted by Crippen LogP contribution is -2.32. The van der Waals surface area contributed by atoms with Crippen LogP contribution in [0, 0.1) is 0 Å². The number of rotatable bonds is 8. The van der Waals surface area contributed by atoms with E-state index in [9.17, 15) is 4.79 Å². The van der Waals surface area contributed by atoms with E-state index in [1.807, 2.05) is 0 Å². The van der Waals surface area contributed by atoms with Gasteiger partial charge in [-0.25, -0.2) is 0 Å². The molecule has 0 aliphatic carbocycles. The van der Waals surface area contributed by atoms with Crippen molar-refractivity contribution in [3.05, 3.63) is 17.5 Å². The van der Waals surface area contributed by atoms with Crippen LogP contribution in [0.15, 0.2) is 10.6 Å². The van der Waals surface area contributed by atoms with Crippen LogP contribution in [0.25, 0.3) is 0 Å². The first-order chi connectivity index (χ1) is 8.27. The fourth-order valence-electron chi connectivity index (χ4n) is 1.28. The third-order valence-electron chi connectivity index (χ3n) is 2.24. The summed E-state index contributed by atoms with van der Waals surface area (Å²) in [7, 11) is 0. The summed E-state index contributed by atoms with van der Waals surface area (Å²) < 4.78 is 4.72. The van der Waals surface area contributed by atoms with E-state index in [0.29, 0.717) is 6.54 Å². The van der Waals surface area contributed by atoms with Crippen LogP contribution in [0.4, 0.5) is 0 Å². The minimum absolute atomic E-state index is 0.197. The van der Waals surface area contributed by atoms with E-state index in [2.05, 4.69) is 22.7 Å². The van der Waals surface area contributed by atoms with Crippen molar-refractivity contribution < 1.29 is 14.4 Å². The molecule has 0 unspecified atom stereocenters. The highest BCUT2D eigenvalue weighted by Gasteiger charge is 2.10. The number of amides is 1. The molecule has 0 spiro atoms. The lowest BCUT2D eigenvalue weighted by Gasteiger charge is -2.04. The van der Waals surface area contributed by atoms with Crippen molar-refractivity contribution in [3.63, 3.8) is 0 Å². The number of carbonyl (C=O) groups is 1. The number of nitrogens with one attached hydrogen (secondary N) is 2. The van der Waals surface area contributed by atoms with Gasteiger partial charge in [-0.05, 0) is 13.0 Å². The van der Waals surface area contributed by atoms with Crippen molar-refractivity contribution in [2.45, 2.75) is 26.4 Å². The van der Waals surface area contributed by atoms with Crippen molar-refractivity contribution in [2.24, 2.45) is 0 Å². The molecule has 17 heavy (non-hydrogen) atoms. The normalized spacial score (nSPS) is 10.5. The summed E-state index contributed by atoms with van der Waals surface area (Å²) in [5.41, 5.74) is 0.197. The summed E-state index contributed by atoms with van der Waals surface area (Å²) in [6.45, 7) is 4.12. The van der Waals surface area contributed by atoms with Gasteiger partial charge in [-0.1, -0.05) is 18.5 Å². The largest absolute Gasteiger partial charge is 0.388 e. The van der Waals surface area contributed by atoms with Gasteiger partial charge in [0.05, 0.1) is 0 Å². The van der Waals surface area contributed by atoms with Crippen molar-refractivity contribution in [1.82, 2.24) is 15.8 Å². The number of aliphatic hydroxyl groups excluding tert-OH is 1. The number of carbonyl (C=O) groups excluding carboxylic acids is 1. The van der Waals surface area contributed by atoms with E-state index in [4.69, 9.17) is 9.63 Å². The lowest BCUT2D eigenvalue weighted by molar-refractivity contribution is 0.0944. The monoisotopic (exact) mass is 241 g/mol. The summed E-state index contributed by atoms with van der Waals surface area (Å²) in [5.74, 6) is 0.00182. The molecule has 96 valence electrons. The molecule has 0 saturated heterocycles. The first kappa shape index (κ1) is 13.7. The van der Waals surface area contributed by atoms with Gasteiger partial charge in [0.25, 0.3) is 5.91 Å². The quantitative estimate of drug-likeness (QED) is 0.569. The van der Waals surface area contributed by atoms with Gasteiger partial charge in [-0.15, -0.1) is 0 Å². The van der Waals surface area contributed by atoms with Crippen molar-refractivity contribution >= 4 is 5.91 Å². The second-order valence-electron chi connectivity index (χ2n) is 3.70. The molecule has 1 rings (SSSR count). The molecule has 0 aliphatic rings. The van der Waals surface area contributed by atoms with Crippen LogP contribution < -0.4 is 10.6 Å². The van der Waals surface area contributed by atoms with Crippen LogP contribution in [0.2, 0.25) is 0 Å².